The van der Waals surface area contributed by atoms with E-state index in [1.807, 2.05) is 26.0 Å². The van der Waals surface area contributed by atoms with Crippen LogP contribution in [-0.2, 0) is 0 Å². The van der Waals surface area contributed by atoms with Crippen LogP contribution in [0.4, 0.5) is 0 Å². The quantitative estimate of drug-likeness (QED) is 0.754. The number of rotatable bonds is 3. The SMILES string of the molecule is COc1c(C)cc(Oc2c(Br)cc(O)cc2Br)cc1C. The van der Waals surface area contributed by atoms with Gasteiger partial charge in [-0.25, -0.2) is 0 Å². The number of ether oxygens (including phenoxy) is 2. The third-order valence-corrected chi connectivity index (χ3v) is 4.02. The van der Waals surface area contributed by atoms with Crippen LogP contribution in [-0.4, -0.2) is 12.2 Å². The molecule has 0 unspecified atom stereocenters. The summed E-state index contributed by atoms with van der Waals surface area (Å²) in [6.45, 7) is 3.94. The van der Waals surface area contributed by atoms with Gasteiger partial charge in [0.15, 0.2) is 5.75 Å². The number of benzene rings is 2. The molecule has 0 heterocycles. The van der Waals surface area contributed by atoms with Crippen LogP contribution >= 0.6 is 31.9 Å². The number of hydrogen-bond donors (Lipinski definition) is 1. The summed E-state index contributed by atoms with van der Waals surface area (Å²) in [4.78, 5) is 0. The summed E-state index contributed by atoms with van der Waals surface area (Å²) in [6.07, 6.45) is 0. The fraction of sp³-hybridized carbons (Fsp3) is 0.200. The first-order valence-corrected chi connectivity index (χ1v) is 7.52. The predicted octanol–water partition coefficient (Wildman–Crippen LogP) is 5.33. The van der Waals surface area contributed by atoms with Crippen LogP contribution in [0.3, 0.4) is 0 Å². The number of phenolic OH excluding ortho intramolecular Hbond substituents is 1. The van der Waals surface area contributed by atoms with E-state index < -0.39 is 0 Å². The predicted molar refractivity (Wildman–Crippen MR) is 86.0 cm³/mol. The summed E-state index contributed by atoms with van der Waals surface area (Å²) in [6, 6.07) is 7.00. The van der Waals surface area contributed by atoms with E-state index in [9.17, 15) is 5.11 Å². The molecule has 5 heteroatoms. The molecular formula is C15H14Br2O3. The molecule has 0 bridgehead atoms. The summed E-state index contributed by atoms with van der Waals surface area (Å²) in [5, 5.41) is 9.51. The van der Waals surface area contributed by atoms with E-state index in [2.05, 4.69) is 31.9 Å². The molecule has 0 atom stereocenters. The van der Waals surface area contributed by atoms with Gasteiger partial charge in [0.25, 0.3) is 0 Å². The number of halogens is 2. The van der Waals surface area contributed by atoms with Crippen molar-refractivity contribution in [2.75, 3.05) is 7.11 Å². The van der Waals surface area contributed by atoms with E-state index in [0.717, 1.165) is 16.9 Å². The van der Waals surface area contributed by atoms with Gasteiger partial charge in [-0.3, -0.25) is 0 Å². The molecule has 0 aliphatic heterocycles. The van der Waals surface area contributed by atoms with E-state index >= 15 is 0 Å². The zero-order valence-corrected chi connectivity index (χ0v) is 14.5. The Bertz CT molecular complexity index is 608. The Kier molecular flexibility index (Phi) is 4.60. The molecule has 0 amide bonds. The minimum absolute atomic E-state index is 0.165. The van der Waals surface area contributed by atoms with Crippen molar-refractivity contribution in [3.05, 3.63) is 44.3 Å². The Balaban J connectivity index is 2.41. The fourth-order valence-electron chi connectivity index (χ4n) is 2.05. The highest BCUT2D eigenvalue weighted by molar-refractivity contribution is 9.11. The van der Waals surface area contributed by atoms with Gasteiger partial charge in [0, 0.05) is 0 Å². The van der Waals surface area contributed by atoms with Crippen molar-refractivity contribution < 1.29 is 14.6 Å². The van der Waals surface area contributed by atoms with Crippen molar-refractivity contribution >= 4 is 31.9 Å². The topological polar surface area (TPSA) is 38.7 Å². The minimum atomic E-state index is 0.165. The number of phenols is 1. The van der Waals surface area contributed by atoms with Crippen molar-refractivity contribution in [3.8, 4) is 23.0 Å². The maximum Gasteiger partial charge on any atom is 0.156 e. The average molecular weight is 402 g/mol. The van der Waals surface area contributed by atoms with Crippen LogP contribution < -0.4 is 9.47 Å². The van der Waals surface area contributed by atoms with Crippen LogP contribution in [0.25, 0.3) is 0 Å². The Labute approximate surface area is 134 Å². The molecule has 2 aromatic rings. The van der Waals surface area contributed by atoms with Gasteiger partial charge in [0.2, 0.25) is 0 Å². The van der Waals surface area contributed by atoms with Crippen LogP contribution in [0.15, 0.2) is 33.2 Å². The highest BCUT2D eigenvalue weighted by Crippen LogP contribution is 2.40. The zero-order valence-electron chi connectivity index (χ0n) is 11.3. The van der Waals surface area contributed by atoms with Crippen LogP contribution in [0.5, 0.6) is 23.0 Å². The van der Waals surface area contributed by atoms with Crippen LogP contribution in [0, 0.1) is 13.8 Å². The third kappa shape index (κ3) is 3.10. The number of aryl methyl sites for hydroxylation is 2. The molecular weight excluding hydrogens is 388 g/mol. The number of aromatic hydroxyl groups is 1. The largest absolute Gasteiger partial charge is 0.508 e. The second-order valence-electron chi connectivity index (χ2n) is 4.43. The average Bonchev–Trinajstić information content (AvgIpc) is 2.33. The summed E-state index contributed by atoms with van der Waals surface area (Å²) in [5.74, 6) is 2.36. The summed E-state index contributed by atoms with van der Waals surface area (Å²) in [5.41, 5.74) is 2.02. The molecule has 0 spiro atoms. The zero-order chi connectivity index (χ0) is 14.9. The first-order valence-electron chi connectivity index (χ1n) is 5.93. The van der Waals surface area contributed by atoms with E-state index in [1.54, 1.807) is 19.2 Å². The van der Waals surface area contributed by atoms with Crippen molar-refractivity contribution in [3.63, 3.8) is 0 Å². The Morgan fingerprint density at radius 3 is 1.85 bits per heavy atom. The van der Waals surface area contributed by atoms with E-state index in [1.165, 1.54) is 0 Å². The summed E-state index contributed by atoms with van der Waals surface area (Å²) < 4.78 is 12.6. The van der Waals surface area contributed by atoms with Gasteiger partial charge < -0.3 is 14.6 Å². The maximum atomic E-state index is 9.51. The molecule has 0 radical (unpaired) electrons. The van der Waals surface area contributed by atoms with Gasteiger partial charge in [-0.2, -0.15) is 0 Å². The summed E-state index contributed by atoms with van der Waals surface area (Å²) in [7, 11) is 1.66. The van der Waals surface area contributed by atoms with Crippen LogP contribution in [0.1, 0.15) is 11.1 Å². The van der Waals surface area contributed by atoms with Crippen molar-refractivity contribution in [2.45, 2.75) is 13.8 Å². The van der Waals surface area contributed by atoms with Crippen molar-refractivity contribution in [1.82, 2.24) is 0 Å². The van der Waals surface area contributed by atoms with Gasteiger partial charge in [-0.15, -0.1) is 0 Å². The van der Waals surface area contributed by atoms with Gasteiger partial charge in [-0.05, 0) is 81.1 Å². The summed E-state index contributed by atoms with van der Waals surface area (Å²) >= 11 is 6.76. The molecule has 2 aromatic carbocycles. The van der Waals surface area contributed by atoms with E-state index in [4.69, 9.17) is 9.47 Å². The Hall–Kier alpha value is -1.20. The van der Waals surface area contributed by atoms with Crippen molar-refractivity contribution in [1.29, 1.82) is 0 Å². The van der Waals surface area contributed by atoms with Gasteiger partial charge in [0.05, 0.1) is 16.1 Å². The monoisotopic (exact) mass is 400 g/mol. The first kappa shape index (κ1) is 15.2. The fourth-order valence-corrected chi connectivity index (χ4v) is 3.38. The minimum Gasteiger partial charge on any atom is -0.508 e. The third-order valence-electron chi connectivity index (χ3n) is 2.84. The van der Waals surface area contributed by atoms with Crippen molar-refractivity contribution in [2.24, 2.45) is 0 Å². The van der Waals surface area contributed by atoms with E-state index in [-0.39, 0.29) is 5.75 Å². The molecule has 1 N–H and O–H groups in total. The highest BCUT2D eigenvalue weighted by Gasteiger charge is 2.12. The molecule has 20 heavy (non-hydrogen) atoms. The van der Waals surface area contributed by atoms with Crippen LogP contribution in [0.2, 0.25) is 0 Å². The standard InChI is InChI=1S/C15H14Br2O3/c1-8-4-11(5-9(2)14(8)19-3)20-15-12(16)6-10(18)7-13(15)17/h4-7,18H,1-3H3. The lowest BCUT2D eigenvalue weighted by Crippen LogP contribution is -1.94. The molecule has 0 saturated heterocycles. The number of methoxy groups -OCH3 is 1. The Morgan fingerprint density at radius 2 is 1.40 bits per heavy atom. The molecule has 0 saturated carbocycles. The first-order chi connectivity index (χ1) is 9.42. The van der Waals surface area contributed by atoms with Gasteiger partial charge in [-0.1, -0.05) is 0 Å². The molecule has 0 aliphatic carbocycles. The maximum absolute atomic E-state index is 9.51. The molecule has 3 nitrogen and oxygen atoms in total. The lowest BCUT2D eigenvalue weighted by molar-refractivity contribution is 0.406. The Morgan fingerprint density at radius 1 is 0.900 bits per heavy atom. The van der Waals surface area contributed by atoms with Gasteiger partial charge in [0.1, 0.15) is 17.2 Å². The highest BCUT2D eigenvalue weighted by atomic mass is 79.9. The molecule has 106 valence electrons. The second kappa shape index (κ2) is 6.06. The smallest absolute Gasteiger partial charge is 0.156 e. The van der Waals surface area contributed by atoms with E-state index in [0.29, 0.717) is 20.4 Å². The lowest BCUT2D eigenvalue weighted by Gasteiger charge is -2.14. The molecule has 2 rings (SSSR count). The second-order valence-corrected chi connectivity index (χ2v) is 6.14. The number of hydrogen-bond acceptors (Lipinski definition) is 3. The van der Waals surface area contributed by atoms with Gasteiger partial charge >= 0.3 is 0 Å². The molecule has 0 fully saturated rings. The molecule has 0 aliphatic rings. The molecule has 0 aromatic heterocycles. The lowest BCUT2D eigenvalue weighted by atomic mass is 10.1. The normalized spacial score (nSPS) is 10.4.